The lowest BCUT2D eigenvalue weighted by Gasteiger charge is -2.36. The first-order valence-corrected chi connectivity index (χ1v) is 12.3. The summed E-state index contributed by atoms with van der Waals surface area (Å²) in [5.74, 6) is 0.813. The molecule has 0 spiro atoms. The van der Waals surface area contributed by atoms with Gasteiger partial charge in [0, 0.05) is 53.6 Å². The molecular weight excluding hydrogens is 418 g/mol. The average Bonchev–Trinajstić information content (AvgIpc) is 3.29. The Kier molecular flexibility index (Phi) is 6.14. The van der Waals surface area contributed by atoms with Gasteiger partial charge in [-0.1, -0.05) is 6.07 Å². The molecule has 166 valence electrons. The van der Waals surface area contributed by atoms with Gasteiger partial charge in [-0.2, -0.15) is 0 Å². The SMILES string of the molecule is Cc1cc2ccc(OCCCCN3CCN(c4cccc5sccc45)CC3)cc2[nH]c1=O. The molecular formula is C26H29N3O2S. The Balaban J connectivity index is 1.06. The van der Waals surface area contributed by atoms with Crippen LogP contribution in [0.15, 0.2) is 58.7 Å². The van der Waals surface area contributed by atoms with E-state index in [4.69, 9.17) is 4.74 Å². The maximum Gasteiger partial charge on any atom is 0.251 e. The largest absolute Gasteiger partial charge is 0.494 e. The van der Waals surface area contributed by atoms with E-state index in [-0.39, 0.29) is 5.56 Å². The molecule has 0 bridgehead atoms. The van der Waals surface area contributed by atoms with Gasteiger partial charge in [-0.3, -0.25) is 9.69 Å². The number of unbranched alkanes of at least 4 members (excludes halogenated alkanes) is 1. The van der Waals surface area contributed by atoms with Crippen LogP contribution in [0, 0.1) is 6.92 Å². The fourth-order valence-electron chi connectivity index (χ4n) is 4.47. The van der Waals surface area contributed by atoms with Crippen LogP contribution in [0.5, 0.6) is 5.75 Å². The van der Waals surface area contributed by atoms with Crippen molar-refractivity contribution in [2.24, 2.45) is 0 Å². The van der Waals surface area contributed by atoms with Crippen molar-refractivity contribution in [3.8, 4) is 5.75 Å². The molecule has 1 fully saturated rings. The maximum absolute atomic E-state index is 11.8. The van der Waals surface area contributed by atoms with Crippen molar-refractivity contribution in [3.05, 3.63) is 69.8 Å². The lowest BCUT2D eigenvalue weighted by Crippen LogP contribution is -2.46. The molecule has 2 aromatic carbocycles. The number of aryl methyl sites for hydroxylation is 1. The normalized spacial score (nSPS) is 15.0. The summed E-state index contributed by atoms with van der Waals surface area (Å²) < 4.78 is 7.31. The second kappa shape index (κ2) is 9.35. The highest BCUT2D eigenvalue weighted by Gasteiger charge is 2.18. The van der Waals surface area contributed by atoms with Gasteiger partial charge in [0.25, 0.3) is 5.56 Å². The zero-order valence-corrected chi connectivity index (χ0v) is 19.3. The predicted octanol–water partition coefficient (Wildman–Crippen LogP) is 5.03. The third-order valence-electron chi connectivity index (χ3n) is 6.33. The molecule has 6 heteroatoms. The van der Waals surface area contributed by atoms with E-state index < -0.39 is 0 Å². The van der Waals surface area contributed by atoms with Crippen molar-refractivity contribution < 1.29 is 4.74 Å². The molecule has 1 aliphatic rings. The van der Waals surface area contributed by atoms with E-state index in [2.05, 4.69) is 44.4 Å². The number of nitrogens with zero attached hydrogens (tertiary/aromatic N) is 2. The van der Waals surface area contributed by atoms with E-state index in [9.17, 15) is 4.79 Å². The Morgan fingerprint density at radius 1 is 1.03 bits per heavy atom. The van der Waals surface area contributed by atoms with Crippen molar-refractivity contribution in [1.29, 1.82) is 0 Å². The van der Waals surface area contributed by atoms with Crippen LogP contribution in [0.25, 0.3) is 21.0 Å². The number of ether oxygens (including phenoxy) is 1. The van der Waals surface area contributed by atoms with Crippen LogP contribution in [-0.2, 0) is 0 Å². The molecule has 1 N–H and O–H groups in total. The maximum atomic E-state index is 11.8. The fraction of sp³-hybridized carbons (Fsp3) is 0.346. The third kappa shape index (κ3) is 4.52. The van der Waals surface area contributed by atoms with Crippen molar-refractivity contribution in [2.45, 2.75) is 19.8 Å². The van der Waals surface area contributed by atoms with Crippen molar-refractivity contribution >= 4 is 38.0 Å². The molecule has 0 saturated carbocycles. The van der Waals surface area contributed by atoms with Gasteiger partial charge in [0.2, 0.25) is 0 Å². The molecule has 0 aliphatic carbocycles. The number of rotatable bonds is 7. The first-order chi connectivity index (χ1) is 15.7. The first kappa shape index (κ1) is 21.0. The molecule has 0 radical (unpaired) electrons. The lowest BCUT2D eigenvalue weighted by atomic mass is 10.1. The highest BCUT2D eigenvalue weighted by atomic mass is 32.1. The summed E-state index contributed by atoms with van der Waals surface area (Å²) in [5.41, 5.74) is 2.90. The molecule has 32 heavy (non-hydrogen) atoms. The Labute approximate surface area is 192 Å². The van der Waals surface area contributed by atoms with Gasteiger partial charge in [-0.15, -0.1) is 11.3 Å². The van der Waals surface area contributed by atoms with Crippen LogP contribution in [0.2, 0.25) is 0 Å². The highest BCUT2D eigenvalue weighted by Crippen LogP contribution is 2.31. The van der Waals surface area contributed by atoms with E-state index in [0.717, 1.165) is 67.8 Å². The molecule has 0 amide bonds. The minimum absolute atomic E-state index is 0.0400. The second-order valence-corrected chi connectivity index (χ2v) is 9.47. The van der Waals surface area contributed by atoms with Crippen LogP contribution in [-0.4, -0.2) is 49.2 Å². The van der Waals surface area contributed by atoms with Crippen LogP contribution in [0.4, 0.5) is 5.69 Å². The van der Waals surface area contributed by atoms with Gasteiger partial charge in [-0.05, 0) is 73.5 Å². The predicted molar refractivity (Wildman–Crippen MR) is 135 cm³/mol. The Morgan fingerprint density at radius 2 is 1.91 bits per heavy atom. The van der Waals surface area contributed by atoms with Gasteiger partial charge in [0.15, 0.2) is 0 Å². The number of aromatic amines is 1. The number of piperazine rings is 1. The standard InChI is InChI=1S/C26H29N3O2S/c1-19-17-20-7-8-21(18-23(20)27-26(19)30)31-15-3-2-10-28-11-13-29(14-12-28)24-5-4-6-25-22(24)9-16-32-25/h4-9,16-18H,2-3,10-15H2,1H3,(H,27,30). The summed E-state index contributed by atoms with van der Waals surface area (Å²) >= 11 is 1.82. The first-order valence-electron chi connectivity index (χ1n) is 11.4. The smallest absolute Gasteiger partial charge is 0.251 e. The molecule has 1 saturated heterocycles. The van der Waals surface area contributed by atoms with E-state index in [1.54, 1.807) is 0 Å². The number of nitrogens with one attached hydrogen (secondary N) is 1. The average molecular weight is 448 g/mol. The molecule has 5 rings (SSSR count). The number of aromatic nitrogens is 1. The van der Waals surface area contributed by atoms with Gasteiger partial charge in [0.1, 0.15) is 5.75 Å². The van der Waals surface area contributed by atoms with Crippen LogP contribution < -0.4 is 15.2 Å². The number of anilines is 1. The van der Waals surface area contributed by atoms with E-state index in [1.807, 2.05) is 42.5 Å². The number of pyridine rings is 1. The summed E-state index contributed by atoms with van der Waals surface area (Å²) in [4.78, 5) is 19.8. The number of benzene rings is 2. The van der Waals surface area contributed by atoms with Crippen molar-refractivity contribution in [3.63, 3.8) is 0 Å². The molecule has 0 atom stereocenters. The monoisotopic (exact) mass is 447 g/mol. The number of thiophene rings is 1. The molecule has 0 unspecified atom stereocenters. The summed E-state index contributed by atoms with van der Waals surface area (Å²) in [6, 6.07) is 16.7. The minimum Gasteiger partial charge on any atom is -0.494 e. The van der Waals surface area contributed by atoms with E-state index >= 15 is 0 Å². The van der Waals surface area contributed by atoms with Crippen molar-refractivity contribution in [2.75, 3.05) is 44.2 Å². The molecule has 5 nitrogen and oxygen atoms in total. The summed E-state index contributed by atoms with van der Waals surface area (Å²) in [6.07, 6.45) is 2.15. The topological polar surface area (TPSA) is 48.6 Å². The molecule has 4 aromatic rings. The summed E-state index contributed by atoms with van der Waals surface area (Å²) in [5, 5.41) is 4.60. The highest BCUT2D eigenvalue weighted by molar-refractivity contribution is 7.17. The Hall–Kier alpha value is -2.83. The summed E-state index contributed by atoms with van der Waals surface area (Å²) in [7, 11) is 0. The van der Waals surface area contributed by atoms with Crippen LogP contribution >= 0.6 is 11.3 Å². The van der Waals surface area contributed by atoms with Gasteiger partial charge in [0.05, 0.1) is 12.1 Å². The Bertz CT molecular complexity index is 1270. The quantitative estimate of drug-likeness (QED) is 0.404. The van der Waals surface area contributed by atoms with E-state index in [1.165, 1.54) is 15.8 Å². The fourth-order valence-corrected chi connectivity index (χ4v) is 5.28. The van der Waals surface area contributed by atoms with Gasteiger partial charge >= 0.3 is 0 Å². The number of fused-ring (bicyclic) bond motifs is 2. The Morgan fingerprint density at radius 3 is 2.78 bits per heavy atom. The van der Waals surface area contributed by atoms with Crippen LogP contribution in [0.1, 0.15) is 18.4 Å². The molecule has 2 aromatic heterocycles. The van der Waals surface area contributed by atoms with Crippen molar-refractivity contribution in [1.82, 2.24) is 9.88 Å². The molecule has 1 aliphatic heterocycles. The minimum atomic E-state index is -0.0400. The van der Waals surface area contributed by atoms with Crippen LogP contribution in [0.3, 0.4) is 0 Å². The number of hydrogen-bond donors (Lipinski definition) is 1. The summed E-state index contributed by atoms with van der Waals surface area (Å²) in [6.45, 7) is 8.02. The second-order valence-electron chi connectivity index (χ2n) is 8.52. The van der Waals surface area contributed by atoms with Gasteiger partial charge < -0.3 is 14.6 Å². The third-order valence-corrected chi connectivity index (χ3v) is 7.21. The lowest BCUT2D eigenvalue weighted by molar-refractivity contribution is 0.239. The zero-order valence-electron chi connectivity index (χ0n) is 18.5. The zero-order chi connectivity index (χ0) is 21.9. The number of H-pyrrole nitrogens is 1. The van der Waals surface area contributed by atoms with E-state index in [0.29, 0.717) is 6.61 Å². The molecule has 3 heterocycles. The van der Waals surface area contributed by atoms with Gasteiger partial charge in [-0.25, -0.2) is 0 Å². The number of hydrogen-bond acceptors (Lipinski definition) is 5.